The number of aromatic nitrogens is 2. The Bertz CT molecular complexity index is 543. The summed E-state index contributed by atoms with van der Waals surface area (Å²) in [7, 11) is 0. The van der Waals surface area contributed by atoms with Crippen LogP contribution in [-0.2, 0) is 0 Å². The lowest BCUT2D eigenvalue weighted by atomic mass is 10.1. The van der Waals surface area contributed by atoms with Gasteiger partial charge in [0, 0.05) is 11.8 Å². The molecule has 2 aromatic rings. The third kappa shape index (κ3) is 1.88. The van der Waals surface area contributed by atoms with Crippen LogP contribution in [0.1, 0.15) is 10.5 Å². The van der Waals surface area contributed by atoms with Crippen LogP contribution in [0.4, 0.5) is 4.39 Å². The lowest BCUT2D eigenvalue weighted by Gasteiger charge is -2.03. The van der Waals surface area contributed by atoms with Crippen LogP contribution in [0.15, 0.2) is 36.8 Å². The lowest BCUT2D eigenvalue weighted by Crippen LogP contribution is -2.03. The van der Waals surface area contributed by atoms with Gasteiger partial charge in [-0.15, -0.1) is 0 Å². The first-order valence-electron chi connectivity index (χ1n) is 4.47. The molecule has 0 aliphatic carbocycles. The Morgan fingerprint density at radius 2 is 2.19 bits per heavy atom. The number of nitrogens with zero attached hydrogens (tertiary/aromatic N) is 2. The lowest BCUT2D eigenvalue weighted by molar-refractivity contribution is 0.0691. The van der Waals surface area contributed by atoms with Crippen molar-refractivity contribution in [2.24, 2.45) is 0 Å². The van der Waals surface area contributed by atoms with Crippen molar-refractivity contribution in [2.75, 3.05) is 0 Å². The Balaban J connectivity index is 2.60. The minimum atomic E-state index is -1.17. The molecule has 2 rings (SSSR count). The van der Waals surface area contributed by atoms with Crippen molar-refractivity contribution in [1.29, 1.82) is 0 Å². The van der Waals surface area contributed by atoms with Gasteiger partial charge in [-0.05, 0) is 17.7 Å². The van der Waals surface area contributed by atoms with Gasteiger partial charge in [0.15, 0.2) is 5.69 Å². The van der Waals surface area contributed by atoms with Crippen molar-refractivity contribution >= 4 is 5.97 Å². The summed E-state index contributed by atoms with van der Waals surface area (Å²) in [6.45, 7) is 0. The highest BCUT2D eigenvalue weighted by molar-refractivity contribution is 5.93. The molecule has 0 amide bonds. The molecule has 80 valence electrons. The van der Waals surface area contributed by atoms with Gasteiger partial charge in [0.1, 0.15) is 12.1 Å². The zero-order valence-electron chi connectivity index (χ0n) is 8.09. The number of aromatic carboxylic acids is 1. The molecule has 1 aromatic heterocycles. The fraction of sp³-hybridized carbons (Fsp3) is 0. The van der Waals surface area contributed by atoms with E-state index in [0.717, 1.165) is 6.33 Å². The summed E-state index contributed by atoms with van der Waals surface area (Å²) in [5.74, 6) is -1.60. The predicted octanol–water partition coefficient (Wildman–Crippen LogP) is 1.98. The van der Waals surface area contributed by atoms with Crippen LogP contribution in [0.25, 0.3) is 11.1 Å². The Morgan fingerprint density at radius 3 is 2.88 bits per heavy atom. The topological polar surface area (TPSA) is 63.1 Å². The molecule has 0 radical (unpaired) electrons. The minimum absolute atomic E-state index is 0.138. The van der Waals surface area contributed by atoms with Gasteiger partial charge in [-0.2, -0.15) is 0 Å². The maximum Gasteiger partial charge on any atom is 0.355 e. The summed E-state index contributed by atoms with van der Waals surface area (Å²) in [6, 6.07) is 5.64. The van der Waals surface area contributed by atoms with E-state index in [0.29, 0.717) is 11.1 Å². The molecule has 0 spiro atoms. The second-order valence-electron chi connectivity index (χ2n) is 3.10. The Labute approximate surface area is 90.4 Å². The third-order valence-corrected chi connectivity index (χ3v) is 2.05. The highest BCUT2D eigenvalue weighted by Crippen LogP contribution is 2.21. The minimum Gasteiger partial charge on any atom is -0.476 e. The van der Waals surface area contributed by atoms with Crippen LogP contribution < -0.4 is 0 Å². The molecule has 4 nitrogen and oxygen atoms in total. The van der Waals surface area contributed by atoms with Gasteiger partial charge >= 0.3 is 5.97 Å². The molecule has 0 fully saturated rings. The van der Waals surface area contributed by atoms with Crippen LogP contribution in [0.5, 0.6) is 0 Å². The summed E-state index contributed by atoms with van der Waals surface area (Å²) in [4.78, 5) is 18.3. The molecule has 0 aliphatic rings. The van der Waals surface area contributed by atoms with Gasteiger partial charge in [-0.1, -0.05) is 12.1 Å². The normalized spacial score (nSPS) is 10.1. The molecule has 1 N–H and O–H groups in total. The number of benzene rings is 1. The number of hydrogen-bond acceptors (Lipinski definition) is 3. The van der Waals surface area contributed by atoms with E-state index in [1.807, 2.05) is 0 Å². The Morgan fingerprint density at radius 1 is 1.38 bits per heavy atom. The molecule has 5 heteroatoms. The van der Waals surface area contributed by atoms with Gasteiger partial charge in [-0.25, -0.2) is 19.2 Å². The van der Waals surface area contributed by atoms with E-state index in [1.165, 1.54) is 24.4 Å². The Hall–Kier alpha value is -2.30. The maximum absolute atomic E-state index is 13.0. The average molecular weight is 218 g/mol. The monoisotopic (exact) mass is 218 g/mol. The summed E-state index contributed by atoms with van der Waals surface area (Å²) >= 11 is 0. The molecule has 16 heavy (non-hydrogen) atoms. The number of hydrogen-bond donors (Lipinski definition) is 1. The van der Waals surface area contributed by atoms with E-state index < -0.39 is 11.8 Å². The highest BCUT2D eigenvalue weighted by Gasteiger charge is 2.13. The summed E-state index contributed by atoms with van der Waals surface area (Å²) in [6.07, 6.45) is 2.50. The average Bonchev–Trinajstić information content (AvgIpc) is 2.29. The number of halogens is 1. The molecule has 1 aromatic carbocycles. The van der Waals surface area contributed by atoms with Crippen molar-refractivity contribution in [1.82, 2.24) is 9.97 Å². The van der Waals surface area contributed by atoms with E-state index in [9.17, 15) is 9.18 Å². The van der Waals surface area contributed by atoms with E-state index in [2.05, 4.69) is 9.97 Å². The van der Waals surface area contributed by atoms with Crippen molar-refractivity contribution in [2.45, 2.75) is 0 Å². The van der Waals surface area contributed by atoms with E-state index in [4.69, 9.17) is 5.11 Å². The van der Waals surface area contributed by atoms with Gasteiger partial charge in [0.25, 0.3) is 0 Å². The third-order valence-electron chi connectivity index (χ3n) is 2.05. The number of carbonyl (C=O) groups is 1. The predicted molar refractivity (Wildman–Crippen MR) is 54.4 cm³/mol. The van der Waals surface area contributed by atoms with Crippen molar-refractivity contribution < 1.29 is 14.3 Å². The zero-order chi connectivity index (χ0) is 11.5. The molecular weight excluding hydrogens is 211 g/mol. The summed E-state index contributed by atoms with van der Waals surface area (Å²) in [5, 5.41) is 8.91. The first-order chi connectivity index (χ1) is 7.68. The first kappa shape index (κ1) is 10.2. The van der Waals surface area contributed by atoms with Crippen molar-refractivity contribution in [3.8, 4) is 11.1 Å². The van der Waals surface area contributed by atoms with Crippen LogP contribution in [0, 0.1) is 5.82 Å². The summed E-state index contributed by atoms with van der Waals surface area (Å²) in [5.41, 5.74) is 0.605. The fourth-order valence-electron chi connectivity index (χ4n) is 1.37. The van der Waals surface area contributed by atoms with Crippen LogP contribution in [0.3, 0.4) is 0 Å². The van der Waals surface area contributed by atoms with Crippen molar-refractivity contribution in [3.05, 3.63) is 48.3 Å². The van der Waals surface area contributed by atoms with Gasteiger partial charge < -0.3 is 5.11 Å². The van der Waals surface area contributed by atoms with Gasteiger partial charge in [0.2, 0.25) is 0 Å². The van der Waals surface area contributed by atoms with Crippen molar-refractivity contribution in [3.63, 3.8) is 0 Å². The molecule has 0 saturated heterocycles. The fourth-order valence-corrected chi connectivity index (χ4v) is 1.37. The first-order valence-corrected chi connectivity index (χ1v) is 4.47. The molecule has 0 bridgehead atoms. The van der Waals surface area contributed by atoms with E-state index in [1.54, 1.807) is 6.07 Å². The van der Waals surface area contributed by atoms with Crippen LogP contribution in [-0.4, -0.2) is 21.0 Å². The number of carboxylic acids is 1. The van der Waals surface area contributed by atoms with Gasteiger partial charge in [-0.3, -0.25) is 0 Å². The second kappa shape index (κ2) is 4.06. The molecule has 0 atom stereocenters. The quantitative estimate of drug-likeness (QED) is 0.837. The SMILES string of the molecule is O=C(O)c1ncncc1-c1cccc(F)c1. The molecule has 0 unspecified atom stereocenters. The molecule has 0 saturated carbocycles. The number of rotatable bonds is 2. The highest BCUT2D eigenvalue weighted by atomic mass is 19.1. The van der Waals surface area contributed by atoms with E-state index >= 15 is 0 Å². The second-order valence-corrected chi connectivity index (χ2v) is 3.10. The molecule has 0 aliphatic heterocycles. The van der Waals surface area contributed by atoms with Crippen LogP contribution >= 0.6 is 0 Å². The standard InChI is InChI=1S/C11H7FN2O2/c12-8-3-1-2-7(4-8)9-5-13-6-14-10(9)11(15)16/h1-6H,(H,15,16). The van der Waals surface area contributed by atoms with Crippen LogP contribution in [0.2, 0.25) is 0 Å². The Kier molecular flexibility index (Phi) is 2.59. The largest absolute Gasteiger partial charge is 0.476 e. The maximum atomic E-state index is 13.0. The summed E-state index contributed by atoms with van der Waals surface area (Å²) < 4.78 is 13.0. The molecular formula is C11H7FN2O2. The van der Waals surface area contributed by atoms with Gasteiger partial charge in [0.05, 0.1) is 0 Å². The smallest absolute Gasteiger partial charge is 0.355 e. The van der Waals surface area contributed by atoms with E-state index in [-0.39, 0.29) is 5.69 Å². The molecule has 1 heterocycles. The zero-order valence-corrected chi connectivity index (χ0v) is 8.09. The number of carboxylic acid groups (broad SMARTS) is 1.